The number of rotatable bonds is 2. The van der Waals surface area contributed by atoms with E-state index < -0.39 is 17.8 Å². The van der Waals surface area contributed by atoms with E-state index in [2.05, 4.69) is 5.32 Å². The maximum absolute atomic E-state index is 12.8. The number of nitrogens with zero attached hydrogens (tertiary/aromatic N) is 1. The summed E-state index contributed by atoms with van der Waals surface area (Å²) in [4.78, 5) is 38.0. The molecule has 4 amide bonds. The number of anilines is 1. The van der Waals surface area contributed by atoms with Gasteiger partial charge in [-0.2, -0.15) is 0 Å². The van der Waals surface area contributed by atoms with Crippen LogP contribution in [0.15, 0.2) is 42.0 Å². The summed E-state index contributed by atoms with van der Waals surface area (Å²) in [6.45, 7) is 1.88. The number of urea groups is 1. The topological polar surface area (TPSA) is 86.7 Å². The Morgan fingerprint density at radius 3 is 2.46 bits per heavy atom. The van der Waals surface area contributed by atoms with Gasteiger partial charge in [-0.15, -0.1) is 0 Å². The molecule has 1 aliphatic rings. The normalized spacial score (nSPS) is 16.2. The zero-order valence-corrected chi connectivity index (χ0v) is 16.3. The molecule has 1 heterocycles. The third kappa shape index (κ3) is 3.45. The number of halogens is 2. The van der Waals surface area contributed by atoms with Gasteiger partial charge in [0.25, 0.3) is 11.8 Å². The minimum atomic E-state index is -0.835. The van der Waals surface area contributed by atoms with Crippen molar-refractivity contribution in [2.75, 3.05) is 4.90 Å². The summed E-state index contributed by atoms with van der Waals surface area (Å²) in [6, 6.07) is 8.87. The highest BCUT2D eigenvalue weighted by Crippen LogP contribution is 2.31. The Balaban J connectivity index is 2.07. The molecule has 0 radical (unpaired) electrons. The van der Waals surface area contributed by atoms with Crippen molar-refractivity contribution in [3.63, 3.8) is 0 Å². The fourth-order valence-electron chi connectivity index (χ4n) is 2.44. The standard InChI is InChI=1S/C18H12ClIN2O4/c1-9-2-4-12(5-3-9)22-17(25)13(16(24)21-18(22)26)7-10-6-11(19)8-14(20)15(10)23/h2-8,23H,1H3,(H,21,24,26)/b13-7+. The monoisotopic (exact) mass is 482 g/mol. The van der Waals surface area contributed by atoms with E-state index >= 15 is 0 Å². The second-order valence-corrected chi connectivity index (χ2v) is 7.22. The predicted octanol–water partition coefficient (Wildman–Crippen LogP) is 3.63. The van der Waals surface area contributed by atoms with Crippen LogP contribution in [-0.2, 0) is 9.59 Å². The van der Waals surface area contributed by atoms with Gasteiger partial charge in [0, 0.05) is 10.6 Å². The molecule has 26 heavy (non-hydrogen) atoms. The fourth-order valence-corrected chi connectivity index (χ4v) is 3.49. The number of carbonyl (C=O) groups is 3. The molecule has 0 spiro atoms. The van der Waals surface area contributed by atoms with Crippen LogP contribution in [0.2, 0.25) is 5.02 Å². The van der Waals surface area contributed by atoms with Crippen LogP contribution < -0.4 is 10.2 Å². The maximum Gasteiger partial charge on any atom is 0.335 e. The van der Waals surface area contributed by atoms with Crippen LogP contribution in [0.5, 0.6) is 5.75 Å². The second kappa shape index (κ2) is 7.08. The van der Waals surface area contributed by atoms with Crippen LogP contribution in [0.1, 0.15) is 11.1 Å². The lowest BCUT2D eigenvalue weighted by Gasteiger charge is -2.26. The first-order valence-corrected chi connectivity index (χ1v) is 8.89. The number of benzene rings is 2. The lowest BCUT2D eigenvalue weighted by atomic mass is 10.1. The molecule has 1 fully saturated rings. The Morgan fingerprint density at radius 1 is 1.15 bits per heavy atom. The SMILES string of the molecule is Cc1ccc(N2C(=O)NC(=O)/C(=C\c3cc(Cl)cc(I)c3O)C2=O)cc1. The molecule has 2 aromatic rings. The maximum atomic E-state index is 12.8. The number of aromatic hydroxyl groups is 1. The number of imide groups is 2. The van der Waals surface area contributed by atoms with Gasteiger partial charge in [0.05, 0.1) is 9.26 Å². The largest absolute Gasteiger partial charge is 0.506 e. The van der Waals surface area contributed by atoms with Gasteiger partial charge in [0.2, 0.25) is 0 Å². The summed E-state index contributed by atoms with van der Waals surface area (Å²) in [5.74, 6) is -1.73. The molecule has 1 aliphatic heterocycles. The zero-order chi connectivity index (χ0) is 19.0. The quantitative estimate of drug-likeness (QED) is 0.389. The Hall–Kier alpha value is -2.39. The van der Waals surface area contributed by atoms with Crippen molar-refractivity contribution in [2.45, 2.75) is 6.92 Å². The second-order valence-electron chi connectivity index (χ2n) is 5.62. The minimum Gasteiger partial charge on any atom is -0.506 e. The van der Waals surface area contributed by atoms with E-state index in [9.17, 15) is 19.5 Å². The number of amides is 4. The molecule has 3 rings (SSSR count). The molecule has 6 nitrogen and oxygen atoms in total. The van der Waals surface area contributed by atoms with Gasteiger partial charge in [0.15, 0.2) is 0 Å². The molecular formula is C18H12ClIN2O4. The summed E-state index contributed by atoms with van der Waals surface area (Å²) in [5.41, 5.74) is 1.22. The number of phenolic OH excluding ortho intramolecular Hbond substituents is 1. The van der Waals surface area contributed by atoms with Gasteiger partial charge in [-0.25, -0.2) is 9.69 Å². The Kier molecular flexibility index (Phi) is 5.01. The number of hydrogen-bond donors (Lipinski definition) is 2. The summed E-state index contributed by atoms with van der Waals surface area (Å²) >= 11 is 7.87. The van der Waals surface area contributed by atoms with Gasteiger partial charge in [-0.1, -0.05) is 29.3 Å². The van der Waals surface area contributed by atoms with Gasteiger partial charge in [0.1, 0.15) is 11.3 Å². The van der Waals surface area contributed by atoms with E-state index in [0.29, 0.717) is 14.3 Å². The average molecular weight is 483 g/mol. The first kappa shape index (κ1) is 18.4. The first-order valence-electron chi connectivity index (χ1n) is 7.44. The number of nitrogens with one attached hydrogen (secondary N) is 1. The third-order valence-electron chi connectivity index (χ3n) is 3.75. The number of phenols is 1. The van der Waals surface area contributed by atoms with E-state index in [1.165, 1.54) is 12.1 Å². The molecule has 1 saturated heterocycles. The Labute approximate surface area is 167 Å². The molecule has 0 bridgehead atoms. The summed E-state index contributed by atoms with van der Waals surface area (Å²) in [7, 11) is 0. The van der Waals surface area contributed by atoms with Crippen molar-refractivity contribution in [3.05, 3.63) is 61.7 Å². The van der Waals surface area contributed by atoms with Gasteiger partial charge in [-0.3, -0.25) is 14.9 Å². The Bertz CT molecular complexity index is 970. The highest BCUT2D eigenvalue weighted by Gasteiger charge is 2.36. The van der Waals surface area contributed by atoms with Gasteiger partial charge >= 0.3 is 6.03 Å². The highest BCUT2D eigenvalue weighted by molar-refractivity contribution is 14.1. The van der Waals surface area contributed by atoms with Crippen LogP contribution in [0.4, 0.5) is 10.5 Å². The van der Waals surface area contributed by atoms with E-state index in [-0.39, 0.29) is 16.9 Å². The lowest BCUT2D eigenvalue weighted by molar-refractivity contribution is -0.122. The average Bonchev–Trinajstić information content (AvgIpc) is 2.57. The molecule has 0 atom stereocenters. The summed E-state index contributed by atoms with van der Waals surface area (Å²) < 4.78 is 0.470. The van der Waals surface area contributed by atoms with Crippen LogP contribution in [0.25, 0.3) is 6.08 Å². The minimum absolute atomic E-state index is 0.109. The van der Waals surface area contributed by atoms with Gasteiger partial charge in [-0.05, 0) is 59.9 Å². The number of aryl methyl sites for hydroxylation is 1. The summed E-state index contributed by atoms with van der Waals surface area (Å²) in [5, 5.41) is 12.6. The van der Waals surface area contributed by atoms with Crippen molar-refractivity contribution in [3.8, 4) is 5.75 Å². The molecule has 132 valence electrons. The molecule has 2 N–H and O–H groups in total. The molecule has 8 heteroatoms. The van der Waals surface area contributed by atoms with Gasteiger partial charge < -0.3 is 5.11 Å². The van der Waals surface area contributed by atoms with E-state index in [0.717, 1.165) is 10.5 Å². The fraction of sp³-hybridized carbons (Fsp3) is 0.0556. The predicted molar refractivity (Wildman–Crippen MR) is 106 cm³/mol. The van der Waals surface area contributed by atoms with Crippen LogP contribution in [-0.4, -0.2) is 23.0 Å². The van der Waals surface area contributed by atoms with E-state index in [1.807, 2.05) is 29.5 Å². The van der Waals surface area contributed by atoms with Crippen LogP contribution in [0.3, 0.4) is 0 Å². The third-order valence-corrected chi connectivity index (χ3v) is 4.79. The molecule has 2 aromatic carbocycles. The molecular weight excluding hydrogens is 471 g/mol. The first-order chi connectivity index (χ1) is 12.3. The van der Waals surface area contributed by atoms with Crippen LogP contribution in [0, 0.1) is 10.5 Å². The molecule has 0 aromatic heterocycles. The molecule has 0 aliphatic carbocycles. The van der Waals surface area contributed by atoms with Crippen molar-refractivity contribution in [2.24, 2.45) is 0 Å². The van der Waals surface area contributed by atoms with Crippen molar-refractivity contribution in [1.29, 1.82) is 0 Å². The smallest absolute Gasteiger partial charge is 0.335 e. The molecule has 0 saturated carbocycles. The van der Waals surface area contributed by atoms with E-state index in [1.54, 1.807) is 30.3 Å². The summed E-state index contributed by atoms with van der Waals surface area (Å²) in [6.07, 6.45) is 1.22. The molecule has 0 unspecified atom stereocenters. The number of barbiturate groups is 1. The van der Waals surface area contributed by atoms with E-state index in [4.69, 9.17) is 11.6 Å². The van der Waals surface area contributed by atoms with Crippen molar-refractivity contribution >= 4 is 63.8 Å². The zero-order valence-electron chi connectivity index (χ0n) is 13.4. The lowest BCUT2D eigenvalue weighted by Crippen LogP contribution is -2.54. The Morgan fingerprint density at radius 2 is 1.81 bits per heavy atom. The number of carbonyl (C=O) groups excluding carboxylic acids is 3. The highest BCUT2D eigenvalue weighted by atomic mass is 127. The van der Waals surface area contributed by atoms with Crippen molar-refractivity contribution in [1.82, 2.24) is 5.32 Å². The number of hydrogen-bond acceptors (Lipinski definition) is 4. The van der Waals surface area contributed by atoms with Crippen LogP contribution >= 0.6 is 34.2 Å². The van der Waals surface area contributed by atoms with Crippen molar-refractivity contribution < 1.29 is 19.5 Å².